The maximum absolute atomic E-state index is 11.8. The molecule has 1 N–H and O–H groups in total. The van der Waals surface area contributed by atoms with E-state index in [1.54, 1.807) is 40.6 Å². The summed E-state index contributed by atoms with van der Waals surface area (Å²) in [5, 5.41) is 3.20. The van der Waals surface area contributed by atoms with Crippen molar-refractivity contribution in [2.45, 2.75) is 6.10 Å². The lowest BCUT2D eigenvalue weighted by molar-refractivity contribution is 0.0365. The zero-order valence-electron chi connectivity index (χ0n) is 11.8. The van der Waals surface area contributed by atoms with Crippen molar-refractivity contribution in [3.8, 4) is 0 Å². The van der Waals surface area contributed by atoms with Gasteiger partial charge in [-0.15, -0.1) is 0 Å². The first kappa shape index (κ1) is 15.4. The molecule has 19 heavy (non-hydrogen) atoms. The molecular formula is C13H21N3O3. The van der Waals surface area contributed by atoms with Crippen LogP contribution in [0.15, 0.2) is 18.3 Å². The van der Waals surface area contributed by atoms with E-state index in [-0.39, 0.29) is 12.0 Å². The molecule has 0 aromatic carbocycles. The molecule has 0 saturated heterocycles. The number of carbonyl (C=O) groups is 1. The molecule has 6 nitrogen and oxygen atoms in total. The molecule has 0 aliphatic carbocycles. The van der Waals surface area contributed by atoms with Gasteiger partial charge in [-0.1, -0.05) is 0 Å². The minimum absolute atomic E-state index is 0.0360. The number of pyridine rings is 1. The van der Waals surface area contributed by atoms with E-state index in [0.29, 0.717) is 18.8 Å². The molecule has 1 atom stereocenters. The van der Waals surface area contributed by atoms with Gasteiger partial charge in [-0.25, -0.2) is 0 Å². The highest BCUT2D eigenvalue weighted by molar-refractivity contribution is 5.92. The fourth-order valence-corrected chi connectivity index (χ4v) is 1.51. The van der Waals surface area contributed by atoms with Gasteiger partial charge < -0.3 is 19.7 Å². The van der Waals surface area contributed by atoms with Gasteiger partial charge in [0.25, 0.3) is 5.91 Å². The van der Waals surface area contributed by atoms with Gasteiger partial charge in [0.05, 0.1) is 12.7 Å². The molecule has 0 saturated carbocycles. The molecule has 0 aliphatic heterocycles. The van der Waals surface area contributed by atoms with E-state index in [2.05, 4.69) is 10.3 Å². The van der Waals surface area contributed by atoms with E-state index in [9.17, 15) is 4.79 Å². The van der Waals surface area contributed by atoms with Crippen molar-refractivity contribution >= 4 is 11.6 Å². The largest absolute Gasteiger partial charge is 0.382 e. The highest BCUT2D eigenvalue weighted by Gasteiger charge is 2.11. The number of ether oxygens (including phenoxy) is 2. The lowest BCUT2D eigenvalue weighted by Crippen LogP contribution is -2.27. The summed E-state index contributed by atoms with van der Waals surface area (Å²) in [5.41, 5.74) is 1.24. The molecule has 6 heteroatoms. The number of hydrogen-bond acceptors (Lipinski definition) is 5. The van der Waals surface area contributed by atoms with Crippen LogP contribution in [-0.2, 0) is 9.47 Å². The lowest BCUT2D eigenvalue weighted by atomic mass is 10.2. The predicted octanol–water partition coefficient (Wildman–Crippen LogP) is 0.857. The Bertz CT molecular complexity index is 410. The van der Waals surface area contributed by atoms with Gasteiger partial charge in [0.15, 0.2) is 0 Å². The number of amides is 1. The minimum atomic E-state index is -0.121. The molecule has 1 rings (SSSR count). The topological polar surface area (TPSA) is 63.7 Å². The molecule has 106 valence electrons. The van der Waals surface area contributed by atoms with Crippen LogP contribution >= 0.6 is 0 Å². The second-order valence-electron chi connectivity index (χ2n) is 4.32. The first-order chi connectivity index (χ1) is 9.08. The number of carbonyl (C=O) groups excluding carboxylic acids is 1. The van der Waals surface area contributed by atoms with Crippen LogP contribution in [0.5, 0.6) is 0 Å². The van der Waals surface area contributed by atoms with Gasteiger partial charge in [-0.2, -0.15) is 0 Å². The van der Waals surface area contributed by atoms with E-state index >= 15 is 0 Å². The van der Waals surface area contributed by atoms with E-state index in [1.807, 2.05) is 6.07 Å². The fraction of sp³-hybridized carbons (Fsp3) is 0.538. The normalized spacial score (nSPS) is 12.0. The maximum Gasteiger partial charge on any atom is 0.272 e. The Labute approximate surface area is 113 Å². The van der Waals surface area contributed by atoms with Crippen molar-refractivity contribution in [1.29, 1.82) is 0 Å². The van der Waals surface area contributed by atoms with Gasteiger partial charge >= 0.3 is 0 Å². The van der Waals surface area contributed by atoms with Crippen molar-refractivity contribution in [3.63, 3.8) is 0 Å². The quantitative estimate of drug-likeness (QED) is 0.793. The summed E-state index contributed by atoms with van der Waals surface area (Å²) in [6, 6.07) is 3.54. The van der Waals surface area contributed by atoms with Gasteiger partial charge in [0.2, 0.25) is 0 Å². The standard InChI is InChI=1S/C13H21N3O3/c1-16(2)13(17)12-7-10(5-6-14-12)15-8-11(19-4)9-18-3/h5-7,11H,8-9H2,1-4H3,(H,14,15). The summed E-state index contributed by atoms with van der Waals surface area (Å²) in [5.74, 6) is -0.121. The van der Waals surface area contributed by atoms with Gasteiger partial charge in [0, 0.05) is 46.7 Å². The minimum Gasteiger partial charge on any atom is -0.382 e. The average molecular weight is 267 g/mol. The maximum atomic E-state index is 11.8. The summed E-state index contributed by atoms with van der Waals surface area (Å²) in [7, 11) is 6.67. The first-order valence-corrected chi connectivity index (χ1v) is 6.01. The molecular weight excluding hydrogens is 246 g/mol. The molecule has 0 fully saturated rings. The van der Waals surface area contributed by atoms with Crippen LogP contribution in [0.25, 0.3) is 0 Å². The summed E-state index contributed by atoms with van der Waals surface area (Å²) in [4.78, 5) is 17.3. The number of hydrogen-bond donors (Lipinski definition) is 1. The van der Waals surface area contributed by atoms with Crippen molar-refractivity contribution < 1.29 is 14.3 Å². The Morgan fingerprint density at radius 3 is 2.79 bits per heavy atom. The Balaban J connectivity index is 2.64. The van der Waals surface area contributed by atoms with Crippen molar-refractivity contribution in [2.24, 2.45) is 0 Å². The van der Waals surface area contributed by atoms with Crippen LogP contribution in [0.1, 0.15) is 10.5 Å². The van der Waals surface area contributed by atoms with E-state index in [0.717, 1.165) is 5.69 Å². The Morgan fingerprint density at radius 1 is 1.47 bits per heavy atom. The Morgan fingerprint density at radius 2 is 2.21 bits per heavy atom. The van der Waals surface area contributed by atoms with Crippen molar-refractivity contribution in [1.82, 2.24) is 9.88 Å². The van der Waals surface area contributed by atoms with Crippen LogP contribution in [-0.4, -0.2) is 63.4 Å². The Hall–Kier alpha value is -1.66. The highest BCUT2D eigenvalue weighted by Crippen LogP contribution is 2.09. The van der Waals surface area contributed by atoms with Gasteiger partial charge in [-0.05, 0) is 12.1 Å². The number of aromatic nitrogens is 1. The smallest absolute Gasteiger partial charge is 0.272 e. The molecule has 0 spiro atoms. The molecule has 0 radical (unpaired) electrons. The molecule has 1 aromatic heterocycles. The second kappa shape index (κ2) is 7.70. The summed E-state index contributed by atoms with van der Waals surface area (Å²) < 4.78 is 10.3. The van der Waals surface area contributed by atoms with E-state index < -0.39 is 0 Å². The van der Waals surface area contributed by atoms with E-state index in [4.69, 9.17) is 9.47 Å². The van der Waals surface area contributed by atoms with Crippen LogP contribution in [0, 0.1) is 0 Å². The van der Waals surface area contributed by atoms with Crippen LogP contribution in [0.4, 0.5) is 5.69 Å². The Kier molecular flexibility index (Phi) is 6.24. The molecule has 0 bridgehead atoms. The average Bonchev–Trinajstić information content (AvgIpc) is 2.42. The van der Waals surface area contributed by atoms with Crippen LogP contribution < -0.4 is 5.32 Å². The van der Waals surface area contributed by atoms with E-state index in [1.165, 1.54) is 4.90 Å². The number of rotatable bonds is 7. The third-order valence-electron chi connectivity index (χ3n) is 2.60. The molecule has 1 aromatic rings. The van der Waals surface area contributed by atoms with Gasteiger partial charge in [0.1, 0.15) is 5.69 Å². The van der Waals surface area contributed by atoms with Crippen LogP contribution in [0.3, 0.4) is 0 Å². The number of nitrogens with zero attached hydrogens (tertiary/aromatic N) is 2. The van der Waals surface area contributed by atoms with Crippen LogP contribution in [0.2, 0.25) is 0 Å². The monoisotopic (exact) mass is 267 g/mol. The molecule has 0 aliphatic rings. The molecule has 1 amide bonds. The number of methoxy groups -OCH3 is 2. The number of anilines is 1. The summed E-state index contributed by atoms with van der Waals surface area (Å²) in [6.45, 7) is 1.11. The highest BCUT2D eigenvalue weighted by atomic mass is 16.5. The first-order valence-electron chi connectivity index (χ1n) is 6.01. The van der Waals surface area contributed by atoms with Crippen molar-refractivity contribution in [3.05, 3.63) is 24.0 Å². The summed E-state index contributed by atoms with van der Waals surface area (Å²) >= 11 is 0. The zero-order chi connectivity index (χ0) is 14.3. The molecule has 1 heterocycles. The predicted molar refractivity (Wildman–Crippen MR) is 73.4 cm³/mol. The van der Waals surface area contributed by atoms with Crippen molar-refractivity contribution in [2.75, 3.05) is 46.8 Å². The fourth-order valence-electron chi connectivity index (χ4n) is 1.51. The summed E-state index contributed by atoms with van der Waals surface area (Å²) in [6.07, 6.45) is 1.57. The van der Waals surface area contributed by atoms with Gasteiger partial charge in [-0.3, -0.25) is 9.78 Å². The second-order valence-corrected chi connectivity index (χ2v) is 4.32. The zero-order valence-corrected chi connectivity index (χ0v) is 11.8. The third kappa shape index (κ3) is 4.84. The molecule has 1 unspecified atom stereocenters. The SMILES string of the molecule is COCC(CNc1ccnc(C(=O)N(C)C)c1)OC. The lowest BCUT2D eigenvalue weighted by Gasteiger charge is -2.16. The number of nitrogens with one attached hydrogen (secondary N) is 1. The third-order valence-corrected chi connectivity index (χ3v) is 2.60.